The molecule has 0 heterocycles. The van der Waals surface area contributed by atoms with Crippen LogP contribution in [0, 0.1) is 0 Å². The molecule has 0 fully saturated rings. The van der Waals surface area contributed by atoms with E-state index in [1.54, 1.807) is 0 Å². The van der Waals surface area contributed by atoms with Crippen LogP contribution in [0.25, 0.3) is 0 Å². The van der Waals surface area contributed by atoms with Gasteiger partial charge in [-0.15, -0.1) is 0 Å². The maximum absolute atomic E-state index is 9.28. The fourth-order valence-corrected chi connectivity index (χ4v) is 0.118. The van der Waals surface area contributed by atoms with Crippen LogP contribution in [0.5, 0.6) is 0 Å². The number of carbonyl (C=O) groups excluding carboxylic acids is 2. The topological polar surface area (TPSA) is 80.3 Å². The van der Waals surface area contributed by atoms with Crippen molar-refractivity contribution in [1.82, 2.24) is 0 Å². The van der Waals surface area contributed by atoms with E-state index in [9.17, 15) is 19.8 Å². The summed E-state index contributed by atoms with van der Waals surface area (Å²) in [7, 11) is 0. The summed E-state index contributed by atoms with van der Waals surface area (Å²) < 4.78 is 0. The second kappa shape index (κ2) is 4.63. The van der Waals surface area contributed by atoms with Crippen molar-refractivity contribution in [3.63, 3.8) is 0 Å². The first-order valence-electron chi connectivity index (χ1n) is 1.52. The maximum Gasteiger partial charge on any atom is 2.00 e. The first-order valence-corrected chi connectivity index (χ1v) is 1.52. The minimum absolute atomic E-state index is 0. The zero-order valence-electron chi connectivity index (χ0n) is 3.75. The molecule has 0 aliphatic carbocycles. The molecule has 0 rings (SSSR count). The van der Waals surface area contributed by atoms with Gasteiger partial charge >= 0.3 is 17.4 Å². The van der Waals surface area contributed by atoms with Gasteiger partial charge in [0.1, 0.15) is 0 Å². The molecule has 0 bridgehead atoms. The van der Waals surface area contributed by atoms with Crippen LogP contribution in [0.15, 0.2) is 0 Å². The van der Waals surface area contributed by atoms with E-state index in [-0.39, 0.29) is 17.4 Å². The summed E-state index contributed by atoms with van der Waals surface area (Å²) >= 11 is 0. The molecule has 4 nitrogen and oxygen atoms in total. The number of hydrogen-bond acceptors (Lipinski definition) is 4. The van der Waals surface area contributed by atoms with Crippen LogP contribution in [0.2, 0.25) is 0 Å². The van der Waals surface area contributed by atoms with E-state index < -0.39 is 18.4 Å². The van der Waals surface area contributed by atoms with Crippen molar-refractivity contribution < 1.29 is 37.2 Å². The summed E-state index contributed by atoms with van der Waals surface area (Å²) in [5, 5.41) is 18.6. The second-order valence-corrected chi connectivity index (χ2v) is 0.921. The van der Waals surface area contributed by atoms with E-state index in [2.05, 4.69) is 0 Å². The summed E-state index contributed by atoms with van der Waals surface area (Å²) in [6.07, 6.45) is -1.03. The Morgan fingerprint density at radius 3 is 1.38 bits per heavy atom. The van der Waals surface area contributed by atoms with Crippen LogP contribution in [0.3, 0.4) is 0 Å². The fraction of sp³-hybridized carbons (Fsp3) is 0.333. The molecule has 0 unspecified atom stereocenters. The van der Waals surface area contributed by atoms with Crippen molar-refractivity contribution in [3.8, 4) is 0 Å². The molecule has 0 aromatic rings. The van der Waals surface area contributed by atoms with Crippen LogP contribution in [0.4, 0.5) is 0 Å². The summed E-state index contributed by atoms with van der Waals surface area (Å²) in [6, 6.07) is 0. The molecule has 0 atom stereocenters. The molecule has 8 heavy (non-hydrogen) atoms. The molecule has 0 aromatic heterocycles. The zero-order valence-corrected chi connectivity index (χ0v) is 5.02. The van der Waals surface area contributed by atoms with Crippen LogP contribution >= 0.6 is 0 Å². The van der Waals surface area contributed by atoms with E-state index in [1.165, 1.54) is 0 Å². The van der Waals surface area contributed by atoms with Gasteiger partial charge in [0.05, 0.1) is 0 Å². The molecule has 0 N–H and O–H groups in total. The number of carboxylic acids is 2. The van der Waals surface area contributed by atoms with Gasteiger partial charge in [-0.05, 0) is 0 Å². The van der Waals surface area contributed by atoms with Gasteiger partial charge in [0, 0.05) is 18.4 Å². The smallest absolute Gasteiger partial charge is 0.550 e. The Kier molecular flexibility index (Phi) is 6.05. The Labute approximate surface area is 56.3 Å². The van der Waals surface area contributed by atoms with E-state index in [0.29, 0.717) is 0 Å². The monoisotopic (exact) mass is 154 g/mol. The van der Waals surface area contributed by atoms with Crippen molar-refractivity contribution in [2.75, 3.05) is 0 Å². The molecule has 0 spiro atoms. The van der Waals surface area contributed by atoms with Crippen LogP contribution < -0.4 is 10.2 Å². The van der Waals surface area contributed by atoms with Crippen molar-refractivity contribution in [2.45, 2.75) is 6.42 Å². The normalized spacial score (nSPS) is 7.00. The Morgan fingerprint density at radius 1 is 1.12 bits per heavy atom. The molecule has 0 radical (unpaired) electrons. The standard InChI is InChI=1S/C3H4O4.Cr/c4-2(5)1-3(6)7;/h1H2,(H,4,5)(H,6,7);/q;+2/p-2. The largest absolute Gasteiger partial charge is 2.00 e. The minimum Gasteiger partial charge on any atom is -0.550 e. The van der Waals surface area contributed by atoms with Gasteiger partial charge in [-0.1, -0.05) is 0 Å². The Hall–Kier alpha value is -0.528. The first-order chi connectivity index (χ1) is 3.13. The Morgan fingerprint density at radius 2 is 1.38 bits per heavy atom. The molecule has 0 aliphatic heterocycles. The Balaban J connectivity index is 0. The van der Waals surface area contributed by atoms with Gasteiger partial charge in [-0.3, -0.25) is 0 Å². The van der Waals surface area contributed by atoms with Crippen molar-refractivity contribution in [2.24, 2.45) is 0 Å². The molecular formula is C3H2CrO4. The third kappa shape index (κ3) is 9.08. The second-order valence-electron chi connectivity index (χ2n) is 0.921. The van der Waals surface area contributed by atoms with Crippen LogP contribution in [-0.4, -0.2) is 11.9 Å². The van der Waals surface area contributed by atoms with Gasteiger partial charge in [-0.2, -0.15) is 0 Å². The fourth-order valence-electron chi connectivity index (χ4n) is 0.118. The average Bonchev–Trinajstić information content (AvgIpc) is 1.27. The predicted octanol–water partition coefficient (Wildman–Crippen LogP) is -3.13. The van der Waals surface area contributed by atoms with Crippen molar-refractivity contribution >= 4 is 11.9 Å². The number of hydrogen-bond donors (Lipinski definition) is 0. The average molecular weight is 154 g/mol. The molecule has 5 heteroatoms. The van der Waals surface area contributed by atoms with Gasteiger partial charge < -0.3 is 19.8 Å². The molecule has 0 aliphatic rings. The molecular weight excluding hydrogens is 152 g/mol. The molecule has 0 amide bonds. The van der Waals surface area contributed by atoms with Crippen LogP contribution in [-0.2, 0) is 27.0 Å². The van der Waals surface area contributed by atoms with E-state index >= 15 is 0 Å². The van der Waals surface area contributed by atoms with Gasteiger partial charge in [0.2, 0.25) is 0 Å². The summed E-state index contributed by atoms with van der Waals surface area (Å²) in [5.41, 5.74) is 0. The summed E-state index contributed by atoms with van der Waals surface area (Å²) in [4.78, 5) is 18.6. The summed E-state index contributed by atoms with van der Waals surface area (Å²) in [5.74, 6) is -3.25. The van der Waals surface area contributed by atoms with Crippen molar-refractivity contribution in [1.29, 1.82) is 0 Å². The predicted molar refractivity (Wildman–Crippen MR) is 14.6 cm³/mol. The van der Waals surface area contributed by atoms with Gasteiger partial charge in [0.25, 0.3) is 0 Å². The quantitative estimate of drug-likeness (QED) is 0.394. The molecule has 44 valence electrons. The molecule has 0 saturated heterocycles. The number of carbonyl (C=O) groups is 2. The van der Waals surface area contributed by atoms with Gasteiger partial charge in [0.15, 0.2) is 0 Å². The SMILES string of the molecule is O=C([O-])CC(=O)[O-].[Cr+2]. The molecule has 0 aromatic carbocycles. The van der Waals surface area contributed by atoms with E-state index in [1.807, 2.05) is 0 Å². The first kappa shape index (κ1) is 10.5. The van der Waals surface area contributed by atoms with Gasteiger partial charge in [-0.25, -0.2) is 0 Å². The maximum atomic E-state index is 9.28. The minimum atomic E-state index is -1.63. The Bertz CT molecular complexity index is 87.5. The molecule has 0 saturated carbocycles. The number of aliphatic carboxylic acids is 2. The zero-order chi connectivity index (χ0) is 5.86. The number of carboxylic acid groups (broad SMARTS) is 2. The number of rotatable bonds is 2. The van der Waals surface area contributed by atoms with E-state index in [4.69, 9.17) is 0 Å². The summed E-state index contributed by atoms with van der Waals surface area (Å²) in [6.45, 7) is 0. The van der Waals surface area contributed by atoms with E-state index in [0.717, 1.165) is 0 Å². The third-order valence-electron chi connectivity index (χ3n) is 0.289. The third-order valence-corrected chi connectivity index (χ3v) is 0.289. The van der Waals surface area contributed by atoms with Crippen molar-refractivity contribution in [3.05, 3.63) is 0 Å². The van der Waals surface area contributed by atoms with Crippen LogP contribution in [0.1, 0.15) is 6.42 Å².